The standard InChI is InChI=1S/C24H19N3O4/c28-21(13-16-7-2-1-3-8-16)25-15-22(29)26-17-9-6-10-18(14-17)27-23(30)19-11-4-5-12-20(19)24(27)31/h1-12,14H,13,15H2,(H,25,28)(H,26,29). The summed E-state index contributed by atoms with van der Waals surface area (Å²) in [7, 11) is 0. The molecule has 0 unspecified atom stereocenters. The number of hydrogen-bond donors (Lipinski definition) is 2. The Labute approximate surface area is 178 Å². The Balaban J connectivity index is 1.38. The summed E-state index contributed by atoms with van der Waals surface area (Å²) in [6, 6.07) is 22.3. The molecule has 0 aromatic heterocycles. The van der Waals surface area contributed by atoms with Crippen LogP contribution in [-0.4, -0.2) is 30.2 Å². The molecule has 1 aliphatic heterocycles. The molecule has 154 valence electrons. The average molecular weight is 413 g/mol. The average Bonchev–Trinajstić information content (AvgIpc) is 3.04. The highest BCUT2D eigenvalue weighted by molar-refractivity contribution is 6.34. The molecule has 4 rings (SSSR count). The third-order valence-electron chi connectivity index (χ3n) is 4.84. The number of fused-ring (bicyclic) bond motifs is 1. The fourth-order valence-corrected chi connectivity index (χ4v) is 3.37. The zero-order valence-corrected chi connectivity index (χ0v) is 16.5. The van der Waals surface area contributed by atoms with Gasteiger partial charge in [0, 0.05) is 5.69 Å². The minimum atomic E-state index is -0.416. The van der Waals surface area contributed by atoms with Crippen molar-refractivity contribution in [2.24, 2.45) is 0 Å². The monoisotopic (exact) mass is 413 g/mol. The first-order valence-corrected chi connectivity index (χ1v) is 9.71. The number of rotatable bonds is 6. The molecule has 0 aliphatic carbocycles. The van der Waals surface area contributed by atoms with E-state index in [2.05, 4.69) is 10.6 Å². The maximum atomic E-state index is 12.6. The summed E-state index contributed by atoms with van der Waals surface area (Å²) in [5.74, 6) is -1.49. The molecule has 7 heteroatoms. The first-order valence-electron chi connectivity index (χ1n) is 9.71. The third kappa shape index (κ3) is 4.35. The summed E-state index contributed by atoms with van der Waals surface area (Å²) in [6.07, 6.45) is 0.184. The number of benzene rings is 3. The Morgan fingerprint density at radius 1 is 0.742 bits per heavy atom. The molecule has 7 nitrogen and oxygen atoms in total. The molecule has 0 atom stereocenters. The van der Waals surface area contributed by atoms with Crippen LogP contribution in [0.15, 0.2) is 78.9 Å². The summed E-state index contributed by atoms with van der Waals surface area (Å²) in [6.45, 7) is -0.192. The number of carbonyl (C=O) groups is 4. The Morgan fingerprint density at radius 2 is 1.39 bits per heavy atom. The number of nitrogens with zero attached hydrogens (tertiary/aromatic N) is 1. The lowest BCUT2D eigenvalue weighted by Crippen LogP contribution is -2.34. The normalized spacial score (nSPS) is 12.5. The lowest BCUT2D eigenvalue weighted by atomic mass is 10.1. The van der Waals surface area contributed by atoms with Gasteiger partial charge in [0.15, 0.2) is 0 Å². The van der Waals surface area contributed by atoms with Gasteiger partial charge in [-0.15, -0.1) is 0 Å². The molecule has 3 aromatic rings. The van der Waals surface area contributed by atoms with Crippen molar-refractivity contribution in [1.82, 2.24) is 5.32 Å². The van der Waals surface area contributed by atoms with E-state index >= 15 is 0 Å². The lowest BCUT2D eigenvalue weighted by molar-refractivity contribution is -0.123. The van der Waals surface area contributed by atoms with Gasteiger partial charge in [-0.3, -0.25) is 19.2 Å². The van der Waals surface area contributed by atoms with Gasteiger partial charge in [0.1, 0.15) is 0 Å². The number of amides is 4. The largest absolute Gasteiger partial charge is 0.347 e. The molecular weight excluding hydrogens is 394 g/mol. The van der Waals surface area contributed by atoms with Crippen LogP contribution >= 0.6 is 0 Å². The number of nitrogens with one attached hydrogen (secondary N) is 2. The zero-order valence-electron chi connectivity index (χ0n) is 16.5. The van der Waals surface area contributed by atoms with Crippen molar-refractivity contribution in [1.29, 1.82) is 0 Å². The van der Waals surface area contributed by atoms with Crippen molar-refractivity contribution >= 4 is 35.0 Å². The van der Waals surface area contributed by atoms with Crippen LogP contribution in [0.3, 0.4) is 0 Å². The fraction of sp³-hybridized carbons (Fsp3) is 0.0833. The van der Waals surface area contributed by atoms with Gasteiger partial charge in [-0.2, -0.15) is 0 Å². The van der Waals surface area contributed by atoms with Crippen molar-refractivity contribution in [3.8, 4) is 0 Å². The van der Waals surface area contributed by atoms with Gasteiger partial charge in [0.25, 0.3) is 11.8 Å². The van der Waals surface area contributed by atoms with Gasteiger partial charge in [-0.25, -0.2) is 4.90 Å². The maximum Gasteiger partial charge on any atom is 0.266 e. The summed E-state index contributed by atoms with van der Waals surface area (Å²) >= 11 is 0. The molecule has 0 saturated heterocycles. The van der Waals surface area contributed by atoms with Crippen molar-refractivity contribution in [2.75, 3.05) is 16.8 Å². The van der Waals surface area contributed by atoms with Crippen LogP contribution in [0.25, 0.3) is 0 Å². The predicted octanol–water partition coefficient (Wildman–Crippen LogP) is 2.78. The van der Waals surface area contributed by atoms with E-state index in [0.29, 0.717) is 22.5 Å². The quantitative estimate of drug-likeness (QED) is 0.608. The third-order valence-corrected chi connectivity index (χ3v) is 4.84. The van der Waals surface area contributed by atoms with Crippen molar-refractivity contribution in [3.63, 3.8) is 0 Å². The molecule has 4 amide bonds. The van der Waals surface area contributed by atoms with E-state index < -0.39 is 17.7 Å². The number of hydrogen-bond acceptors (Lipinski definition) is 4. The Kier molecular flexibility index (Phi) is 5.57. The van der Waals surface area contributed by atoms with Crippen LogP contribution in [0.2, 0.25) is 0 Å². The van der Waals surface area contributed by atoms with Gasteiger partial charge in [-0.05, 0) is 35.9 Å². The molecule has 0 fully saturated rings. The molecule has 1 aliphatic rings. The van der Waals surface area contributed by atoms with Crippen molar-refractivity contribution in [3.05, 3.63) is 95.6 Å². The zero-order chi connectivity index (χ0) is 21.8. The van der Waals surface area contributed by atoms with E-state index in [1.807, 2.05) is 30.3 Å². The fourth-order valence-electron chi connectivity index (χ4n) is 3.37. The lowest BCUT2D eigenvalue weighted by Gasteiger charge is -2.15. The Bertz CT molecular complexity index is 1140. The van der Waals surface area contributed by atoms with E-state index in [1.54, 1.807) is 48.5 Å². The molecule has 1 heterocycles. The molecule has 3 aromatic carbocycles. The van der Waals surface area contributed by atoms with Crippen molar-refractivity contribution in [2.45, 2.75) is 6.42 Å². The highest BCUT2D eigenvalue weighted by Crippen LogP contribution is 2.29. The van der Waals surface area contributed by atoms with Crippen LogP contribution in [-0.2, 0) is 16.0 Å². The van der Waals surface area contributed by atoms with Crippen LogP contribution in [0.4, 0.5) is 11.4 Å². The summed E-state index contributed by atoms with van der Waals surface area (Å²) in [4.78, 5) is 50.6. The van der Waals surface area contributed by atoms with Gasteiger partial charge in [0.05, 0.1) is 29.8 Å². The van der Waals surface area contributed by atoms with Crippen LogP contribution in [0.5, 0.6) is 0 Å². The second-order valence-corrected chi connectivity index (χ2v) is 7.03. The number of carbonyl (C=O) groups excluding carboxylic acids is 4. The minimum absolute atomic E-state index is 0.184. The summed E-state index contributed by atoms with van der Waals surface area (Å²) < 4.78 is 0. The minimum Gasteiger partial charge on any atom is -0.347 e. The van der Waals surface area contributed by atoms with Gasteiger partial charge < -0.3 is 10.6 Å². The maximum absolute atomic E-state index is 12.6. The molecular formula is C24H19N3O4. The molecule has 0 bridgehead atoms. The Hall–Kier alpha value is -4.26. The molecule has 0 saturated carbocycles. The van der Waals surface area contributed by atoms with Crippen molar-refractivity contribution < 1.29 is 19.2 Å². The first-order chi connectivity index (χ1) is 15.0. The Morgan fingerprint density at radius 3 is 2.06 bits per heavy atom. The molecule has 0 radical (unpaired) electrons. The predicted molar refractivity (Wildman–Crippen MR) is 116 cm³/mol. The SMILES string of the molecule is O=C(Cc1ccccc1)NCC(=O)Nc1cccc(N2C(=O)c3ccccc3C2=O)c1. The van der Waals surface area contributed by atoms with Gasteiger partial charge >= 0.3 is 0 Å². The highest BCUT2D eigenvalue weighted by atomic mass is 16.2. The van der Waals surface area contributed by atoms with E-state index in [0.717, 1.165) is 10.5 Å². The second kappa shape index (κ2) is 8.62. The number of anilines is 2. The summed E-state index contributed by atoms with van der Waals surface area (Å²) in [5, 5.41) is 5.25. The van der Waals surface area contributed by atoms with Crippen LogP contribution in [0, 0.1) is 0 Å². The second-order valence-electron chi connectivity index (χ2n) is 7.03. The van der Waals surface area contributed by atoms with E-state index in [4.69, 9.17) is 0 Å². The number of imide groups is 1. The molecule has 2 N–H and O–H groups in total. The van der Waals surface area contributed by atoms with Crippen LogP contribution in [0.1, 0.15) is 26.3 Å². The summed E-state index contributed by atoms with van der Waals surface area (Å²) in [5.41, 5.74) is 2.33. The van der Waals surface area contributed by atoms with Gasteiger partial charge in [-0.1, -0.05) is 48.5 Å². The topological polar surface area (TPSA) is 95.6 Å². The van der Waals surface area contributed by atoms with E-state index in [-0.39, 0.29) is 18.9 Å². The van der Waals surface area contributed by atoms with Crippen LogP contribution < -0.4 is 15.5 Å². The highest BCUT2D eigenvalue weighted by Gasteiger charge is 2.36. The molecule has 0 spiro atoms. The smallest absolute Gasteiger partial charge is 0.266 e. The first kappa shape index (κ1) is 20.0. The van der Waals surface area contributed by atoms with E-state index in [1.165, 1.54) is 0 Å². The molecule has 31 heavy (non-hydrogen) atoms. The van der Waals surface area contributed by atoms with E-state index in [9.17, 15) is 19.2 Å². The van der Waals surface area contributed by atoms with Gasteiger partial charge in [0.2, 0.25) is 11.8 Å².